The highest BCUT2D eigenvalue weighted by Gasteiger charge is 2.62. The second-order valence-corrected chi connectivity index (χ2v) is 20.2. The highest BCUT2D eigenvalue weighted by Crippen LogP contribution is 2.48. The molecule has 4 atom stereocenters. The maximum Gasteiger partial charge on any atom is 0.335 e. The zero-order chi connectivity index (χ0) is 28.4. The molecule has 2 aliphatic rings. The van der Waals surface area contributed by atoms with Crippen LogP contribution in [0.5, 0.6) is 0 Å². The van der Waals surface area contributed by atoms with Crippen LogP contribution < -0.4 is 16.6 Å². The molecular formula is C25H45N3O8Si2. The fraction of sp³-hybridized carbons (Fsp3) is 0.800. The lowest BCUT2D eigenvalue weighted by molar-refractivity contribution is -0.124. The molecule has 0 radical (unpaired) electrons. The number of hydrogen-bond donors (Lipinski definition) is 2. The van der Waals surface area contributed by atoms with Crippen molar-refractivity contribution in [2.24, 2.45) is 0 Å². The number of nitrogens with zero attached hydrogens (tertiary/aromatic N) is 1. The molecule has 2 saturated heterocycles. The molecule has 13 heteroatoms. The number of nitrogens with one attached hydrogen (secondary N) is 2. The Morgan fingerprint density at radius 1 is 1.08 bits per heavy atom. The van der Waals surface area contributed by atoms with E-state index in [4.69, 9.17) is 22.4 Å². The standard InChI is InChI=1S/C25H45N3O8Si2/c1-15(2)37(16(3)4)33-14-19-22(35-38(36-37,17(5)6)18(7)8)23(32-13-11-20(29)26-9)24(34-19)28-12-10-21(30)27-25(28)31/h10,12,15-19,22-24H,11,13-14H2,1-9H3,(H,26,29)(H,27,30,31)/t19-,22+,23?,24-/m1/s1. The Hall–Kier alpha value is -1.62. The Balaban J connectivity index is 2.11. The highest BCUT2D eigenvalue weighted by molar-refractivity contribution is 6.84. The number of amides is 1. The van der Waals surface area contributed by atoms with Gasteiger partial charge in [-0.3, -0.25) is 19.1 Å². The van der Waals surface area contributed by atoms with Crippen molar-refractivity contribution in [3.8, 4) is 0 Å². The molecule has 1 aromatic rings. The van der Waals surface area contributed by atoms with Gasteiger partial charge in [-0.15, -0.1) is 0 Å². The third kappa shape index (κ3) is 5.93. The van der Waals surface area contributed by atoms with Gasteiger partial charge in [-0.1, -0.05) is 55.4 Å². The third-order valence-electron chi connectivity index (χ3n) is 7.66. The maximum atomic E-state index is 12.8. The van der Waals surface area contributed by atoms with Gasteiger partial charge in [0.2, 0.25) is 5.91 Å². The molecule has 2 aliphatic heterocycles. The molecular weight excluding hydrogens is 526 g/mol. The van der Waals surface area contributed by atoms with E-state index >= 15 is 0 Å². The number of carbonyl (C=O) groups excluding carboxylic acids is 1. The molecule has 2 fully saturated rings. The van der Waals surface area contributed by atoms with E-state index in [9.17, 15) is 14.4 Å². The first kappa shape index (κ1) is 30.9. The molecule has 216 valence electrons. The van der Waals surface area contributed by atoms with Gasteiger partial charge in [0.15, 0.2) is 6.23 Å². The van der Waals surface area contributed by atoms with Gasteiger partial charge in [-0.05, 0) is 22.2 Å². The van der Waals surface area contributed by atoms with Gasteiger partial charge < -0.3 is 27.8 Å². The van der Waals surface area contributed by atoms with E-state index in [0.717, 1.165) is 0 Å². The van der Waals surface area contributed by atoms with Crippen LogP contribution in [0.3, 0.4) is 0 Å². The number of carbonyl (C=O) groups is 1. The SMILES string of the molecule is CNC(=O)CCOC1[C@H]2O[Si](C(C)C)(C(C)C)O[Si](C(C)C)(C(C)C)OC[C@H]2O[C@H]1n1ccc(=O)[nH]c1=O. The molecule has 1 unspecified atom stereocenters. The van der Waals surface area contributed by atoms with Crippen molar-refractivity contribution >= 4 is 23.0 Å². The molecule has 0 spiro atoms. The summed E-state index contributed by atoms with van der Waals surface area (Å²) in [6.07, 6.45) is -1.24. The lowest BCUT2D eigenvalue weighted by Gasteiger charge is -2.51. The average Bonchev–Trinajstić information content (AvgIpc) is 3.14. The van der Waals surface area contributed by atoms with Crippen LogP contribution in [0.1, 0.15) is 68.0 Å². The summed E-state index contributed by atoms with van der Waals surface area (Å²) < 4.78 is 35.2. The number of H-pyrrole nitrogens is 1. The summed E-state index contributed by atoms with van der Waals surface area (Å²) in [6.45, 7) is 17.4. The number of fused-ring (bicyclic) bond motifs is 1. The highest BCUT2D eigenvalue weighted by atomic mass is 28.5. The number of aromatic amines is 1. The predicted molar refractivity (Wildman–Crippen MR) is 147 cm³/mol. The van der Waals surface area contributed by atoms with Crippen LogP contribution in [-0.4, -0.2) is 71.2 Å². The van der Waals surface area contributed by atoms with Gasteiger partial charge in [0.1, 0.15) is 18.3 Å². The molecule has 2 N–H and O–H groups in total. The monoisotopic (exact) mass is 571 g/mol. The Bertz CT molecular complexity index is 1060. The second-order valence-electron chi connectivity index (χ2n) is 11.4. The summed E-state index contributed by atoms with van der Waals surface area (Å²) in [5.74, 6) is -0.166. The largest absolute Gasteiger partial charge is 0.414 e. The topological polar surface area (TPSA) is 130 Å². The second kappa shape index (κ2) is 12.3. The number of hydrogen-bond acceptors (Lipinski definition) is 8. The van der Waals surface area contributed by atoms with Crippen LogP contribution >= 0.6 is 0 Å². The smallest absolute Gasteiger partial charge is 0.335 e. The summed E-state index contributed by atoms with van der Waals surface area (Å²) in [4.78, 5) is 38.8. The van der Waals surface area contributed by atoms with E-state index in [1.165, 1.54) is 16.8 Å². The quantitative estimate of drug-likeness (QED) is 0.433. The summed E-state index contributed by atoms with van der Waals surface area (Å²) >= 11 is 0. The number of aromatic nitrogens is 2. The first-order valence-corrected chi connectivity index (χ1v) is 17.5. The maximum absolute atomic E-state index is 12.8. The lowest BCUT2D eigenvalue weighted by Crippen LogP contribution is -2.66. The van der Waals surface area contributed by atoms with Crippen LogP contribution in [0.15, 0.2) is 21.9 Å². The third-order valence-corrected chi connectivity index (χ3v) is 17.9. The van der Waals surface area contributed by atoms with Gasteiger partial charge in [-0.25, -0.2) is 4.79 Å². The summed E-state index contributed by atoms with van der Waals surface area (Å²) in [5, 5.41) is 2.59. The van der Waals surface area contributed by atoms with Crippen LogP contribution in [0, 0.1) is 0 Å². The first-order valence-electron chi connectivity index (χ1n) is 13.6. The molecule has 0 aliphatic carbocycles. The minimum absolute atomic E-state index is 0.0931. The van der Waals surface area contributed by atoms with Crippen LogP contribution in [0.25, 0.3) is 0 Å². The molecule has 38 heavy (non-hydrogen) atoms. The molecule has 11 nitrogen and oxygen atoms in total. The molecule has 1 aromatic heterocycles. The fourth-order valence-corrected chi connectivity index (χ4v) is 16.8. The lowest BCUT2D eigenvalue weighted by atomic mass is 10.1. The molecule has 3 heterocycles. The van der Waals surface area contributed by atoms with Gasteiger partial charge in [0.25, 0.3) is 5.56 Å². The van der Waals surface area contributed by atoms with Crippen molar-refractivity contribution < 1.29 is 27.2 Å². The normalized spacial score (nSPS) is 27.0. The first-order chi connectivity index (χ1) is 17.8. The van der Waals surface area contributed by atoms with Crippen molar-refractivity contribution in [1.82, 2.24) is 14.9 Å². The molecule has 3 rings (SSSR count). The zero-order valence-electron chi connectivity index (χ0n) is 24.1. The Kier molecular flexibility index (Phi) is 9.99. The van der Waals surface area contributed by atoms with E-state index in [0.29, 0.717) is 0 Å². The molecule has 1 amide bonds. The summed E-state index contributed by atoms with van der Waals surface area (Å²) in [6, 6.07) is 1.27. The van der Waals surface area contributed by atoms with Gasteiger partial charge in [-0.2, -0.15) is 0 Å². The Labute approximate surface area is 227 Å². The van der Waals surface area contributed by atoms with Crippen molar-refractivity contribution in [3.05, 3.63) is 33.1 Å². The molecule has 0 saturated carbocycles. The van der Waals surface area contributed by atoms with E-state index in [1.807, 2.05) is 0 Å². The Morgan fingerprint density at radius 2 is 1.68 bits per heavy atom. The van der Waals surface area contributed by atoms with Crippen molar-refractivity contribution in [2.75, 3.05) is 20.3 Å². The van der Waals surface area contributed by atoms with Crippen LogP contribution in [-0.2, 0) is 27.2 Å². The van der Waals surface area contributed by atoms with E-state index in [2.05, 4.69) is 65.7 Å². The van der Waals surface area contributed by atoms with Gasteiger partial charge in [0, 0.05) is 25.7 Å². The number of ether oxygens (including phenoxy) is 2. The van der Waals surface area contributed by atoms with E-state index in [1.54, 1.807) is 7.05 Å². The summed E-state index contributed by atoms with van der Waals surface area (Å²) in [5.41, 5.74) is -0.586. The van der Waals surface area contributed by atoms with Crippen molar-refractivity contribution in [1.29, 1.82) is 0 Å². The minimum atomic E-state index is -2.98. The molecule has 0 aromatic carbocycles. The number of rotatable bonds is 9. The van der Waals surface area contributed by atoms with Crippen LogP contribution in [0.2, 0.25) is 22.2 Å². The average molecular weight is 572 g/mol. The summed E-state index contributed by atoms with van der Waals surface area (Å²) in [7, 11) is -4.19. The van der Waals surface area contributed by atoms with Crippen molar-refractivity contribution in [3.63, 3.8) is 0 Å². The fourth-order valence-electron chi connectivity index (χ4n) is 5.56. The van der Waals surface area contributed by atoms with Gasteiger partial charge >= 0.3 is 22.8 Å². The Morgan fingerprint density at radius 3 is 2.21 bits per heavy atom. The van der Waals surface area contributed by atoms with Crippen LogP contribution in [0.4, 0.5) is 0 Å². The van der Waals surface area contributed by atoms with E-state index < -0.39 is 52.9 Å². The zero-order valence-corrected chi connectivity index (χ0v) is 26.1. The van der Waals surface area contributed by atoms with Gasteiger partial charge in [0.05, 0.1) is 13.2 Å². The minimum Gasteiger partial charge on any atom is -0.414 e. The predicted octanol–water partition coefficient (Wildman–Crippen LogP) is 2.91. The van der Waals surface area contributed by atoms with Crippen molar-refractivity contribution in [2.45, 2.75) is 109 Å². The molecule has 0 bridgehead atoms. The van der Waals surface area contributed by atoms with E-state index in [-0.39, 0.29) is 47.7 Å².